The zero-order chi connectivity index (χ0) is 7.40. The van der Waals surface area contributed by atoms with Crippen molar-refractivity contribution >= 4 is 0 Å². The molecule has 0 bridgehead atoms. The van der Waals surface area contributed by atoms with Crippen LogP contribution in [0.3, 0.4) is 0 Å². The Bertz CT molecular complexity index is 90.7. The predicted molar refractivity (Wildman–Crippen MR) is 45.0 cm³/mol. The molecule has 0 spiro atoms. The average molecular weight is 141 g/mol. The zero-order valence-electron chi connectivity index (χ0n) is 7.19. The number of rotatable bonds is 1. The van der Waals surface area contributed by atoms with Crippen molar-refractivity contribution in [3.63, 3.8) is 0 Å². The maximum absolute atomic E-state index is 3.48. The summed E-state index contributed by atoms with van der Waals surface area (Å²) in [6.45, 7) is 7.15. The first kappa shape index (κ1) is 8.06. The summed E-state index contributed by atoms with van der Waals surface area (Å²) < 4.78 is 0. The average Bonchev–Trinajstić information content (AvgIpc) is 2.13. The van der Waals surface area contributed by atoms with Crippen LogP contribution in [-0.2, 0) is 0 Å². The molecule has 1 saturated heterocycles. The molecule has 1 heterocycles. The number of hydrogen-bond acceptors (Lipinski definition) is 1. The van der Waals surface area contributed by atoms with E-state index in [2.05, 4.69) is 19.2 Å². The Morgan fingerprint density at radius 3 is 3.00 bits per heavy atom. The van der Waals surface area contributed by atoms with E-state index in [9.17, 15) is 0 Å². The summed E-state index contributed by atoms with van der Waals surface area (Å²) in [6.07, 6.45) is 4.15. The second-order valence-electron chi connectivity index (χ2n) is 3.61. The van der Waals surface area contributed by atoms with E-state index in [0.717, 1.165) is 11.8 Å². The van der Waals surface area contributed by atoms with E-state index < -0.39 is 0 Å². The lowest BCUT2D eigenvalue weighted by Gasteiger charge is -2.13. The number of hydrogen-bond donors (Lipinski definition) is 1. The Morgan fingerprint density at radius 1 is 1.50 bits per heavy atom. The van der Waals surface area contributed by atoms with E-state index in [0.29, 0.717) is 0 Å². The summed E-state index contributed by atoms with van der Waals surface area (Å²) in [6, 6.07) is 0. The molecule has 2 atom stereocenters. The third kappa shape index (κ3) is 2.30. The molecule has 0 aliphatic carbocycles. The summed E-state index contributed by atoms with van der Waals surface area (Å²) in [7, 11) is 0. The summed E-state index contributed by atoms with van der Waals surface area (Å²) >= 11 is 0. The van der Waals surface area contributed by atoms with Crippen molar-refractivity contribution in [1.29, 1.82) is 0 Å². The van der Waals surface area contributed by atoms with Crippen LogP contribution < -0.4 is 5.32 Å². The lowest BCUT2D eigenvalue weighted by atomic mass is 9.94. The molecule has 1 N–H and O–H groups in total. The third-order valence-corrected chi connectivity index (χ3v) is 2.56. The van der Waals surface area contributed by atoms with Gasteiger partial charge in [0.25, 0.3) is 0 Å². The fourth-order valence-corrected chi connectivity index (χ4v) is 1.74. The van der Waals surface area contributed by atoms with Crippen molar-refractivity contribution in [1.82, 2.24) is 5.32 Å². The smallest absolute Gasteiger partial charge is 0.00205 e. The minimum absolute atomic E-state index is 0.942. The van der Waals surface area contributed by atoms with Gasteiger partial charge in [0, 0.05) is 0 Å². The van der Waals surface area contributed by atoms with Crippen LogP contribution in [0.5, 0.6) is 0 Å². The summed E-state index contributed by atoms with van der Waals surface area (Å²) in [5.41, 5.74) is 0. The Morgan fingerprint density at radius 2 is 2.30 bits per heavy atom. The second kappa shape index (κ2) is 3.97. The van der Waals surface area contributed by atoms with Gasteiger partial charge in [-0.3, -0.25) is 0 Å². The fourth-order valence-electron chi connectivity index (χ4n) is 1.74. The van der Waals surface area contributed by atoms with Gasteiger partial charge in [-0.25, -0.2) is 0 Å². The Labute approximate surface area is 64.2 Å². The van der Waals surface area contributed by atoms with Crippen LogP contribution in [0, 0.1) is 11.8 Å². The molecule has 0 aromatic rings. The highest BCUT2D eigenvalue weighted by Crippen LogP contribution is 2.19. The molecule has 0 amide bonds. The molecule has 2 unspecified atom stereocenters. The van der Waals surface area contributed by atoms with Crippen LogP contribution in [0.4, 0.5) is 0 Å². The second-order valence-corrected chi connectivity index (χ2v) is 3.61. The predicted octanol–water partition coefficient (Wildman–Crippen LogP) is 2.03. The highest BCUT2D eigenvalue weighted by molar-refractivity contribution is 4.69. The van der Waals surface area contributed by atoms with Gasteiger partial charge in [-0.05, 0) is 37.8 Å². The van der Waals surface area contributed by atoms with E-state index in [1.54, 1.807) is 0 Å². The molecule has 0 aromatic carbocycles. The molecular formula is C9H19N. The number of nitrogens with one attached hydrogen (secondary N) is 1. The van der Waals surface area contributed by atoms with Gasteiger partial charge >= 0.3 is 0 Å². The first-order valence-electron chi connectivity index (χ1n) is 4.53. The largest absolute Gasteiger partial charge is 0.316 e. The van der Waals surface area contributed by atoms with Gasteiger partial charge in [0.15, 0.2) is 0 Å². The zero-order valence-corrected chi connectivity index (χ0v) is 7.19. The van der Waals surface area contributed by atoms with Gasteiger partial charge < -0.3 is 5.32 Å². The summed E-state index contributed by atoms with van der Waals surface area (Å²) in [4.78, 5) is 0. The fraction of sp³-hybridized carbons (Fsp3) is 1.00. The molecule has 1 aliphatic rings. The first-order valence-corrected chi connectivity index (χ1v) is 4.53. The van der Waals surface area contributed by atoms with Crippen molar-refractivity contribution in [3.05, 3.63) is 0 Å². The molecule has 0 aromatic heterocycles. The monoisotopic (exact) mass is 141 g/mol. The van der Waals surface area contributed by atoms with Crippen LogP contribution in [0.2, 0.25) is 0 Å². The quantitative estimate of drug-likeness (QED) is 0.589. The van der Waals surface area contributed by atoms with Gasteiger partial charge in [-0.1, -0.05) is 20.3 Å². The van der Waals surface area contributed by atoms with E-state index in [-0.39, 0.29) is 0 Å². The molecule has 60 valence electrons. The Hall–Kier alpha value is -0.0400. The van der Waals surface area contributed by atoms with Gasteiger partial charge in [0.1, 0.15) is 0 Å². The van der Waals surface area contributed by atoms with Crippen LogP contribution in [0.25, 0.3) is 0 Å². The van der Waals surface area contributed by atoms with Crippen molar-refractivity contribution < 1.29 is 0 Å². The van der Waals surface area contributed by atoms with E-state index >= 15 is 0 Å². The summed E-state index contributed by atoms with van der Waals surface area (Å²) in [5, 5.41) is 3.48. The maximum Gasteiger partial charge on any atom is -0.00205 e. The van der Waals surface area contributed by atoms with Gasteiger partial charge in [-0.2, -0.15) is 0 Å². The Kier molecular flexibility index (Phi) is 3.20. The van der Waals surface area contributed by atoms with Crippen molar-refractivity contribution in [2.75, 3.05) is 13.1 Å². The topological polar surface area (TPSA) is 12.0 Å². The van der Waals surface area contributed by atoms with Crippen molar-refractivity contribution in [2.24, 2.45) is 11.8 Å². The first-order chi connectivity index (χ1) is 4.83. The van der Waals surface area contributed by atoms with Gasteiger partial charge in [-0.15, -0.1) is 0 Å². The molecule has 10 heavy (non-hydrogen) atoms. The molecule has 1 fully saturated rings. The lowest BCUT2D eigenvalue weighted by Crippen LogP contribution is -2.19. The minimum Gasteiger partial charge on any atom is -0.316 e. The van der Waals surface area contributed by atoms with Gasteiger partial charge in [0.2, 0.25) is 0 Å². The SMILES string of the molecule is CCC1CNCCC(C)C1. The molecule has 1 nitrogen and oxygen atoms in total. The van der Waals surface area contributed by atoms with Crippen molar-refractivity contribution in [2.45, 2.75) is 33.1 Å². The molecule has 0 saturated carbocycles. The minimum atomic E-state index is 0.942. The van der Waals surface area contributed by atoms with E-state index in [1.807, 2.05) is 0 Å². The summed E-state index contributed by atoms with van der Waals surface area (Å²) in [5.74, 6) is 1.89. The van der Waals surface area contributed by atoms with Crippen molar-refractivity contribution in [3.8, 4) is 0 Å². The Balaban J connectivity index is 2.30. The molecular weight excluding hydrogens is 122 g/mol. The maximum atomic E-state index is 3.48. The highest BCUT2D eigenvalue weighted by Gasteiger charge is 2.14. The van der Waals surface area contributed by atoms with Crippen LogP contribution >= 0.6 is 0 Å². The molecule has 1 rings (SSSR count). The van der Waals surface area contributed by atoms with Crippen LogP contribution in [0.15, 0.2) is 0 Å². The molecule has 1 heteroatoms. The van der Waals surface area contributed by atoms with Crippen LogP contribution in [-0.4, -0.2) is 13.1 Å². The standard InChI is InChI=1S/C9H19N/c1-3-9-6-8(2)4-5-10-7-9/h8-10H,3-7H2,1-2H3. The molecule has 0 radical (unpaired) electrons. The van der Waals surface area contributed by atoms with Crippen LogP contribution in [0.1, 0.15) is 33.1 Å². The normalized spacial score (nSPS) is 35.4. The van der Waals surface area contributed by atoms with E-state index in [1.165, 1.54) is 32.4 Å². The lowest BCUT2D eigenvalue weighted by molar-refractivity contribution is 0.403. The third-order valence-electron chi connectivity index (χ3n) is 2.56. The van der Waals surface area contributed by atoms with E-state index in [4.69, 9.17) is 0 Å². The molecule has 1 aliphatic heterocycles. The van der Waals surface area contributed by atoms with Gasteiger partial charge in [0.05, 0.1) is 0 Å². The highest BCUT2D eigenvalue weighted by atomic mass is 14.9.